The number of nitrogens with two attached hydrogens (primary N) is 3. The molecule has 18 nitrogen and oxygen atoms in total. The number of nitrogens with one attached hydrogen (secondary N) is 3. The molecule has 0 aliphatic rings. The summed E-state index contributed by atoms with van der Waals surface area (Å²) in [5, 5.41) is 29.5. The van der Waals surface area contributed by atoms with Crippen molar-refractivity contribution < 1.29 is 19.1 Å². The Hall–Kier alpha value is -8.35. The second kappa shape index (κ2) is 18.9. The van der Waals surface area contributed by atoms with Crippen molar-refractivity contribution in [3.63, 3.8) is 0 Å². The number of nitrogen functional groups attached to an aromatic ring is 2. The topological polar surface area (TPSA) is 261 Å². The maximum Gasteiger partial charge on any atom is 0.412 e. The van der Waals surface area contributed by atoms with Gasteiger partial charge in [-0.15, -0.1) is 0 Å². The normalized spacial score (nSPS) is 10.9. The number of benzene rings is 4. The minimum Gasteiger partial charge on any atom is -0.415 e. The maximum absolute atomic E-state index is 11.9. The Morgan fingerprint density at radius 3 is 1.59 bits per heavy atom. The van der Waals surface area contributed by atoms with Crippen LogP contribution in [0.5, 0.6) is 11.5 Å². The third-order valence-corrected chi connectivity index (χ3v) is 9.63. The van der Waals surface area contributed by atoms with Crippen molar-refractivity contribution in [2.75, 3.05) is 24.6 Å². The maximum atomic E-state index is 11.9. The molecule has 0 atom stereocenters. The summed E-state index contributed by atoms with van der Waals surface area (Å²) in [7, 11) is 0. The lowest BCUT2D eigenvalue weighted by Crippen LogP contribution is -2.30. The first kappa shape index (κ1) is 41.4. The van der Waals surface area contributed by atoms with Gasteiger partial charge in [0.05, 0.1) is 35.5 Å². The molecule has 63 heavy (non-hydrogen) atoms. The Labute approximate surface area is 363 Å². The Morgan fingerprint density at radius 1 is 0.635 bits per heavy atom. The highest BCUT2D eigenvalue weighted by Gasteiger charge is 2.14. The molecule has 0 aliphatic carbocycles. The molecule has 6 heterocycles. The lowest BCUT2D eigenvalue weighted by atomic mass is 10.1. The van der Waals surface area contributed by atoms with Crippen molar-refractivity contribution >= 4 is 78.4 Å². The standard InChI is InChI=1S/C22H19N7O2.C15H15N7.C7H5ClO2/c23-21-20-17(16-7-6-14(12-19(16)26-21)18-8-9-25-27-18)13-29(28-20)11-10-24-22(30)31-15-4-2-1-3-5-15;16-4-6-22-8-11-10-2-1-9(12-3-5-18-20-12)7-13(10)19-15(17)14(11)21-22;8-7(9)10-6-4-2-1-3-5-6/h1-9,12-13H,10-11H2,(H2,23,26)(H,24,30)(H,25,27);1-3,5,7-8H,4,6,16H2,(H2,17,19)(H,18,20);1-5H. The summed E-state index contributed by atoms with van der Waals surface area (Å²) in [5.74, 6) is 1.74. The summed E-state index contributed by atoms with van der Waals surface area (Å²) in [5.41, 5.74) is 23.8. The number of amides is 1. The van der Waals surface area contributed by atoms with Gasteiger partial charge in [0.25, 0.3) is 0 Å². The van der Waals surface area contributed by atoms with Crippen molar-refractivity contribution in [2.45, 2.75) is 13.1 Å². The monoisotopic (exact) mass is 862 g/mol. The molecule has 9 N–H and O–H groups in total. The lowest BCUT2D eigenvalue weighted by Gasteiger charge is -2.06. The zero-order chi connectivity index (χ0) is 43.7. The zero-order valence-corrected chi connectivity index (χ0v) is 34.1. The van der Waals surface area contributed by atoms with Crippen molar-refractivity contribution in [2.24, 2.45) is 5.73 Å². The van der Waals surface area contributed by atoms with Crippen LogP contribution in [0.3, 0.4) is 0 Å². The Bertz CT molecular complexity index is 3140. The third-order valence-electron chi connectivity index (χ3n) is 9.55. The molecule has 4 aromatic carbocycles. The molecule has 0 aliphatic heterocycles. The van der Waals surface area contributed by atoms with Crippen LogP contribution in [0, 0.1) is 0 Å². The van der Waals surface area contributed by atoms with Gasteiger partial charge in [-0.2, -0.15) is 20.4 Å². The van der Waals surface area contributed by atoms with Gasteiger partial charge in [0.15, 0.2) is 11.6 Å². The summed E-state index contributed by atoms with van der Waals surface area (Å²) in [4.78, 5) is 31.1. The van der Waals surface area contributed by atoms with Crippen molar-refractivity contribution in [3.8, 4) is 34.0 Å². The molecule has 316 valence electrons. The van der Waals surface area contributed by atoms with Gasteiger partial charge in [-0.1, -0.05) is 60.7 Å². The van der Waals surface area contributed by atoms with Crippen LogP contribution in [0.4, 0.5) is 21.2 Å². The van der Waals surface area contributed by atoms with Crippen LogP contribution in [0.1, 0.15) is 0 Å². The molecular formula is C44H39ClN14O4. The number of halogens is 1. The number of carbonyl (C=O) groups is 2. The number of hydrogen-bond donors (Lipinski definition) is 6. The first-order valence-corrected chi connectivity index (χ1v) is 19.9. The number of anilines is 2. The van der Waals surface area contributed by atoms with Crippen LogP contribution in [0.15, 0.2) is 134 Å². The molecule has 10 aromatic rings. The fourth-order valence-corrected chi connectivity index (χ4v) is 6.79. The van der Waals surface area contributed by atoms with Gasteiger partial charge in [-0.25, -0.2) is 19.6 Å². The quantitative estimate of drug-likeness (QED) is 0.0780. The second-order valence-corrected chi connectivity index (χ2v) is 14.1. The molecule has 0 fully saturated rings. The predicted molar refractivity (Wildman–Crippen MR) is 242 cm³/mol. The number of carbonyl (C=O) groups excluding carboxylic acids is 2. The first-order valence-electron chi connectivity index (χ1n) is 19.5. The van der Waals surface area contributed by atoms with E-state index in [4.69, 9.17) is 33.5 Å². The van der Waals surface area contributed by atoms with E-state index in [1.165, 1.54) is 0 Å². The van der Waals surface area contributed by atoms with Crippen molar-refractivity contribution in [1.82, 2.24) is 55.2 Å². The van der Waals surface area contributed by atoms with E-state index >= 15 is 0 Å². The number of fused-ring (bicyclic) bond motifs is 6. The number of para-hydroxylation sites is 2. The third kappa shape index (κ3) is 9.83. The van der Waals surface area contributed by atoms with E-state index in [-0.39, 0.29) is 0 Å². The Balaban J connectivity index is 0.000000147. The Morgan fingerprint density at radius 2 is 1.13 bits per heavy atom. The fraction of sp³-hybridized carbons (Fsp3) is 0.0909. The summed E-state index contributed by atoms with van der Waals surface area (Å²) >= 11 is 4.95. The zero-order valence-electron chi connectivity index (χ0n) is 33.4. The number of nitrogens with zero attached hydrogens (tertiary/aromatic N) is 8. The summed E-state index contributed by atoms with van der Waals surface area (Å²) in [6.07, 6.45) is 6.80. The number of pyridine rings is 2. The van der Waals surface area contributed by atoms with E-state index in [1.54, 1.807) is 65.6 Å². The number of hydrogen-bond acceptors (Lipinski definition) is 13. The average molecular weight is 863 g/mol. The van der Waals surface area contributed by atoms with Crippen LogP contribution in [0.2, 0.25) is 0 Å². The minimum absolute atomic E-state index is 0.356. The van der Waals surface area contributed by atoms with Gasteiger partial charge in [0.1, 0.15) is 22.5 Å². The van der Waals surface area contributed by atoms with E-state index in [0.717, 1.165) is 60.6 Å². The van der Waals surface area contributed by atoms with Gasteiger partial charge >= 0.3 is 11.5 Å². The van der Waals surface area contributed by atoms with E-state index in [0.29, 0.717) is 54.8 Å². The average Bonchev–Trinajstić information content (AvgIpc) is 4.13. The lowest BCUT2D eigenvalue weighted by molar-refractivity contribution is 0.200. The largest absolute Gasteiger partial charge is 0.415 e. The number of ether oxygens (including phenoxy) is 2. The molecule has 6 aromatic heterocycles. The molecule has 19 heteroatoms. The van der Waals surface area contributed by atoms with Crippen LogP contribution in [-0.2, 0) is 13.1 Å². The molecule has 0 spiro atoms. The van der Waals surface area contributed by atoms with Crippen molar-refractivity contribution in [3.05, 3.63) is 134 Å². The van der Waals surface area contributed by atoms with Crippen LogP contribution in [0.25, 0.3) is 66.1 Å². The van der Waals surface area contributed by atoms with Gasteiger partial charge in [0, 0.05) is 82.1 Å². The fourth-order valence-electron chi connectivity index (χ4n) is 6.70. The molecule has 10 rings (SSSR count). The molecule has 0 radical (unpaired) electrons. The van der Waals surface area contributed by atoms with Crippen LogP contribution >= 0.6 is 11.6 Å². The van der Waals surface area contributed by atoms with Gasteiger partial charge in [0.2, 0.25) is 0 Å². The summed E-state index contributed by atoms with van der Waals surface area (Å²) in [6, 6.07) is 33.4. The van der Waals surface area contributed by atoms with E-state index < -0.39 is 11.5 Å². The van der Waals surface area contributed by atoms with Crippen LogP contribution in [-0.4, -0.2) is 74.5 Å². The number of rotatable bonds is 9. The number of aromatic nitrogens is 10. The number of aromatic amines is 2. The molecule has 1 amide bonds. The van der Waals surface area contributed by atoms with Gasteiger partial charge < -0.3 is 32.0 Å². The highest BCUT2D eigenvalue weighted by Crippen LogP contribution is 2.31. The van der Waals surface area contributed by atoms with E-state index in [2.05, 4.69) is 50.6 Å². The predicted octanol–water partition coefficient (Wildman–Crippen LogP) is 7.29. The highest BCUT2D eigenvalue weighted by molar-refractivity contribution is 6.61. The van der Waals surface area contributed by atoms with Gasteiger partial charge in [-0.05, 0) is 48.5 Å². The molecule has 0 unspecified atom stereocenters. The van der Waals surface area contributed by atoms with Crippen LogP contribution < -0.4 is 32.0 Å². The summed E-state index contributed by atoms with van der Waals surface area (Å²) < 4.78 is 13.3. The minimum atomic E-state index is -0.814. The second-order valence-electron chi connectivity index (χ2n) is 13.8. The molecular weight excluding hydrogens is 824 g/mol. The first-order chi connectivity index (χ1) is 30.7. The molecule has 0 bridgehead atoms. The molecule has 0 saturated heterocycles. The molecule has 0 saturated carbocycles. The number of H-pyrrole nitrogens is 2. The Kier molecular flexibility index (Phi) is 12.4. The highest BCUT2D eigenvalue weighted by atomic mass is 35.5. The van der Waals surface area contributed by atoms with Gasteiger partial charge in [-0.3, -0.25) is 19.6 Å². The van der Waals surface area contributed by atoms with E-state index in [1.807, 2.05) is 77.7 Å². The smallest absolute Gasteiger partial charge is 0.412 e. The summed E-state index contributed by atoms with van der Waals surface area (Å²) in [6.45, 7) is 2.01. The SMILES string of the molecule is NCCn1cc2c(n1)c(N)nc1cc(-c3ccn[nH]3)ccc12.Nc1nc2cc(-c3ccn[nH]3)ccc2c2cn(CCNC(=O)Oc3ccccc3)nc12.O=C(Cl)Oc1ccccc1. The van der Waals surface area contributed by atoms with Crippen molar-refractivity contribution in [1.29, 1.82) is 0 Å². The van der Waals surface area contributed by atoms with E-state index in [9.17, 15) is 9.59 Å².